The van der Waals surface area contributed by atoms with Gasteiger partial charge in [-0.2, -0.15) is 0 Å². The third kappa shape index (κ3) is 4.68. The highest BCUT2D eigenvalue weighted by atomic mass is 28.4. The molecule has 1 aromatic rings. The van der Waals surface area contributed by atoms with Crippen LogP contribution in [0, 0.1) is 5.41 Å². The fraction of sp³-hybridized carbons (Fsp3) is 0.692. The standard InChI is InChI=1S/C26H41NO3Si/c1-16(2)23-22(24(28)29)20(17-12-10-11-13-17)21-18(27-23)14-26(6,7)15-19(21)30-31(8,9)25(3,4)5/h12,16,19H,10-11,13-15H2,1-9H3,(H,28,29). The van der Waals surface area contributed by atoms with Gasteiger partial charge < -0.3 is 9.53 Å². The van der Waals surface area contributed by atoms with Gasteiger partial charge in [0.25, 0.3) is 0 Å². The fourth-order valence-electron chi connectivity index (χ4n) is 4.78. The number of aromatic carboxylic acids is 1. The third-order valence-corrected chi connectivity index (χ3v) is 11.9. The molecule has 0 fully saturated rings. The number of hydrogen-bond donors (Lipinski definition) is 1. The fourth-order valence-corrected chi connectivity index (χ4v) is 6.04. The topological polar surface area (TPSA) is 59.4 Å². The summed E-state index contributed by atoms with van der Waals surface area (Å²) in [6.07, 6.45) is 6.93. The van der Waals surface area contributed by atoms with E-state index in [-0.39, 0.29) is 22.5 Å². The van der Waals surface area contributed by atoms with Crippen molar-refractivity contribution in [2.75, 3.05) is 0 Å². The minimum absolute atomic E-state index is 0.0574. The molecule has 2 aliphatic carbocycles. The SMILES string of the molecule is CC(C)c1nc2c(c(C3=CCCC3)c1C(=O)O)C(O[Si](C)(C)C(C)(C)C)CC(C)(C)C2. The van der Waals surface area contributed by atoms with Gasteiger partial charge >= 0.3 is 5.97 Å². The molecular weight excluding hydrogens is 402 g/mol. The van der Waals surface area contributed by atoms with Gasteiger partial charge in [0.05, 0.1) is 17.4 Å². The number of fused-ring (bicyclic) bond motifs is 1. The molecule has 0 saturated carbocycles. The van der Waals surface area contributed by atoms with E-state index in [9.17, 15) is 9.90 Å². The minimum Gasteiger partial charge on any atom is -0.478 e. The van der Waals surface area contributed by atoms with E-state index in [0.29, 0.717) is 5.56 Å². The van der Waals surface area contributed by atoms with Crippen molar-refractivity contribution in [1.82, 2.24) is 4.98 Å². The lowest BCUT2D eigenvalue weighted by atomic mass is 9.72. The van der Waals surface area contributed by atoms with Crippen LogP contribution in [0.2, 0.25) is 18.1 Å². The number of aromatic nitrogens is 1. The number of pyridine rings is 1. The highest BCUT2D eigenvalue weighted by molar-refractivity contribution is 6.74. The summed E-state index contributed by atoms with van der Waals surface area (Å²) in [7, 11) is -2.06. The normalized spacial score (nSPS) is 21.2. The van der Waals surface area contributed by atoms with Crippen molar-refractivity contribution < 1.29 is 14.3 Å². The minimum atomic E-state index is -2.06. The molecule has 1 unspecified atom stereocenters. The average Bonchev–Trinajstić information content (AvgIpc) is 3.11. The molecule has 4 nitrogen and oxygen atoms in total. The van der Waals surface area contributed by atoms with E-state index in [1.54, 1.807) is 0 Å². The van der Waals surface area contributed by atoms with Crippen LogP contribution in [0.4, 0.5) is 0 Å². The van der Waals surface area contributed by atoms with Crippen LogP contribution < -0.4 is 0 Å². The molecule has 1 atom stereocenters. The number of carboxylic acid groups (broad SMARTS) is 1. The molecule has 31 heavy (non-hydrogen) atoms. The van der Waals surface area contributed by atoms with Crippen molar-refractivity contribution in [2.24, 2.45) is 5.41 Å². The molecule has 0 amide bonds. The Bertz CT molecular complexity index is 906. The maximum atomic E-state index is 12.6. The second-order valence-corrected chi connectivity index (χ2v) is 16.9. The van der Waals surface area contributed by atoms with Gasteiger partial charge in [-0.15, -0.1) is 0 Å². The van der Waals surface area contributed by atoms with E-state index in [1.165, 1.54) is 5.57 Å². The predicted molar refractivity (Wildman–Crippen MR) is 130 cm³/mol. The lowest BCUT2D eigenvalue weighted by Crippen LogP contribution is -2.44. The number of carboxylic acids is 1. The summed E-state index contributed by atoms with van der Waals surface area (Å²) in [5.74, 6) is -0.806. The first kappa shape index (κ1) is 24.2. The molecule has 3 rings (SSSR count). The van der Waals surface area contributed by atoms with Crippen molar-refractivity contribution in [3.05, 3.63) is 34.2 Å². The van der Waals surface area contributed by atoms with Crippen molar-refractivity contribution in [3.63, 3.8) is 0 Å². The molecule has 0 saturated heterocycles. The van der Waals surface area contributed by atoms with Crippen LogP contribution in [0.1, 0.15) is 119 Å². The second-order valence-electron chi connectivity index (χ2n) is 12.1. The number of hydrogen-bond acceptors (Lipinski definition) is 3. The van der Waals surface area contributed by atoms with Gasteiger partial charge in [0.1, 0.15) is 0 Å². The van der Waals surface area contributed by atoms with Crippen LogP contribution in [-0.2, 0) is 10.8 Å². The maximum absolute atomic E-state index is 12.6. The third-order valence-electron chi connectivity index (χ3n) is 7.41. The van der Waals surface area contributed by atoms with Crippen molar-refractivity contribution in [2.45, 2.75) is 111 Å². The van der Waals surface area contributed by atoms with Gasteiger partial charge in [-0.25, -0.2) is 4.79 Å². The van der Waals surface area contributed by atoms with Gasteiger partial charge in [0, 0.05) is 16.8 Å². The Kier molecular flexibility index (Phi) is 6.36. The quantitative estimate of drug-likeness (QED) is 0.478. The van der Waals surface area contributed by atoms with Crippen LogP contribution in [0.3, 0.4) is 0 Å². The first-order chi connectivity index (χ1) is 14.1. The maximum Gasteiger partial charge on any atom is 0.338 e. The van der Waals surface area contributed by atoms with Gasteiger partial charge in [0.15, 0.2) is 8.32 Å². The zero-order valence-electron chi connectivity index (χ0n) is 21.0. The van der Waals surface area contributed by atoms with Crippen LogP contribution in [-0.4, -0.2) is 24.4 Å². The van der Waals surface area contributed by atoms with Gasteiger partial charge in [-0.05, 0) is 67.1 Å². The van der Waals surface area contributed by atoms with Crippen LogP contribution >= 0.6 is 0 Å². The summed E-state index contributed by atoms with van der Waals surface area (Å²) < 4.78 is 7.02. The summed E-state index contributed by atoms with van der Waals surface area (Å²) in [5.41, 5.74) is 5.42. The highest BCUT2D eigenvalue weighted by Crippen LogP contribution is 2.50. The molecule has 0 aromatic carbocycles. The first-order valence-electron chi connectivity index (χ1n) is 11.8. The Hall–Kier alpha value is -1.46. The van der Waals surface area contributed by atoms with Crippen LogP contribution in [0.15, 0.2) is 6.08 Å². The molecule has 1 aromatic heterocycles. The van der Waals surface area contributed by atoms with Crippen LogP contribution in [0.5, 0.6) is 0 Å². The van der Waals surface area contributed by atoms with E-state index in [2.05, 4.69) is 53.8 Å². The average molecular weight is 444 g/mol. The molecule has 2 aliphatic rings. The van der Waals surface area contributed by atoms with Crippen molar-refractivity contribution >= 4 is 19.9 Å². The van der Waals surface area contributed by atoms with Crippen LogP contribution in [0.25, 0.3) is 5.57 Å². The zero-order chi connectivity index (χ0) is 23.4. The largest absolute Gasteiger partial charge is 0.478 e. The molecule has 1 N–H and O–H groups in total. The molecule has 0 radical (unpaired) electrons. The lowest BCUT2D eigenvalue weighted by Gasteiger charge is -2.45. The molecule has 172 valence electrons. The number of rotatable bonds is 5. The summed E-state index contributed by atoms with van der Waals surface area (Å²) >= 11 is 0. The second kappa shape index (κ2) is 8.15. The summed E-state index contributed by atoms with van der Waals surface area (Å²) in [6, 6.07) is 0. The molecule has 0 bridgehead atoms. The zero-order valence-corrected chi connectivity index (χ0v) is 22.0. The van der Waals surface area contributed by atoms with Crippen molar-refractivity contribution in [1.29, 1.82) is 0 Å². The van der Waals surface area contributed by atoms with E-state index < -0.39 is 14.3 Å². The summed E-state index contributed by atoms with van der Waals surface area (Å²) in [6.45, 7) is 20.0. The van der Waals surface area contributed by atoms with E-state index in [4.69, 9.17) is 9.41 Å². The lowest BCUT2D eigenvalue weighted by molar-refractivity contribution is 0.0692. The molecule has 5 heteroatoms. The molecule has 0 aliphatic heterocycles. The summed E-state index contributed by atoms with van der Waals surface area (Å²) in [5, 5.41) is 10.4. The van der Waals surface area contributed by atoms with Gasteiger partial charge in [-0.1, -0.05) is 54.5 Å². The Morgan fingerprint density at radius 2 is 1.94 bits per heavy atom. The Morgan fingerprint density at radius 3 is 2.42 bits per heavy atom. The number of allylic oxidation sites excluding steroid dienone is 2. The summed E-state index contributed by atoms with van der Waals surface area (Å²) in [4.78, 5) is 17.6. The van der Waals surface area contributed by atoms with E-state index in [0.717, 1.165) is 54.6 Å². The monoisotopic (exact) mass is 443 g/mol. The number of carbonyl (C=O) groups is 1. The van der Waals surface area contributed by atoms with E-state index in [1.807, 2.05) is 13.8 Å². The molecule has 0 spiro atoms. The predicted octanol–water partition coefficient (Wildman–Crippen LogP) is 7.51. The number of nitrogens with zero attached hydrogens (tertiary/aromatic N) is 1. The smallest absolute Gasteiger partial charge is 0.338 e. The Morgan fingerprint density at radius 1 is 1.29 bits per heavy atom. The first-order valence-corrected chi connectivity index (χ1v) is 14.7. The van der Waals surface area contributed by atoms with E-state index >= 15 is 0 Å². The molecule has 1 heterocycles. The Balaban J connectivity index is 2.32. The van der Waals surface area contributed by atoms with Gasteiger partial charge in [0.2, 0.25) is 0 Å². The Labute approximate surface area is 189 Å². The van der Waals surface area contributed by atoms with Gasteiger partial charge in [-0.3, -0.25) is 4.98 Å². The molecular formula is C26H41NO3Si. The highest BCUT2D eigenvalue weighted by Gasteiger charge is 2.45. The van der Waals surface area contributed by atoms with Crippen molar-refractivity contribution in [3.8, 4) is 0 Å².